The van der Waals surface area contributed by atoms with Gasteiger partial charge in [0.2, 0.25) is 0 Å². The molecule has 1 N–H and O–H groups in total. The summed E-state index contributed by atoms with van der Waals surface area (Å²) in [6.45, 7) is 0. The maximum Gasteiger partial charge on any atom is 0.333 e. The van der Waals surface area contributed by atoms with E-state index in [0.717, 1.165) is 9.98 Å². The lowest BCUT2D eigenvalue weighted by atomic mass is 10.3. The highest BCUT2D eigenvalue weighted by Crippen LogP contribution is 2.26. The first kappa shape index (κ1) is 9.35. The Labute approximate surface area is 89.7 Å². The molecule has 5 nitrogen and oxygen atoms in total. The maximum atomic E-state index is 11.5. The van der Waals surface area contributed by atoms with E-state index in [0.29, 0.717) is 10.2 Å². The molecule has 2 heterocycles. The summed E-state index contributed by atoms with van der Waals surface area (Å²) in [6.07, 6.45) is 1.11. The lowest BCUT2D eigenvalue weighted by molar-refractivity contribution is -0.386. The second kappa shape index (κ2) is 3.18. The molecule has 0 aliphatic heterocycles. The fourth-order valence-electron chi connectivity index (χ4n) is 1.10. The molecule has 0 aliphatic rings. The Morgan fingerprint density at radius 1 is 1.57 bits per heavy atom. The van der Waals surface area contributed by atoms with Crippen LogP contribution in [0.5, 0.6) is 0 Å². The van der Waals surface area contributed by atoms with Crippen LogP contribution in [0.1, 0.15) is 0 Å². The Balaban J connectivity index is 2.88. The molecule has 0 unspecified atom stereocenters. The molecule has 0 bridgehead atoms. The van der Waals surface area contributed by atoms with Crippen molar-refractivity contribution < 1.29 is 4.92 Å². The monoisotopic (exact) mass is 274 g/mol. The summed E-state index contributed by atoms with van der Waals surface area (Å²) < 4.78 is 1.13. The highest BCUT2D eigenvalue weighted by atomic mass is 79.9. The highest BCUT2D eigenvalue weighted by Gasteiger charge is 2.16. The number of thiophene rings is 1. The zero-order chi connectivity index (χ0) is 10.3. The van der Waals surface area contributed by atoms with Gasteiger partial charge in [-0.15, -0.1) is 11.3 Å². The largest absolute Gasteiger partial charge is 0.354 e. The third kappa shape index (κ3) is 1.34. The van der Waals surface area contributed by atoms with Crippen LogP contribution < -0.4 is 5.43 Å². The van der Waals surface area contributed by atoms with Crippen LogP contribution in [0.2, 0.25) is 0 Å². The van der Waals surface area contributed by atoms with Gasteiger partial charge in [0.15, 0.2) is 0 Å². The number of nitro groups is 1. The molecule has 0 saturated heterocycles. The normalized spacial score (nSPS) is 10.6. The van der Waals surface area contributed by atoms with Crippen LogP contribution in [-0.2, 0) is 0 Å². The van der Waals surface area contributed by atoms with E-state index in [1.54, 1.807) is 6.07 Å². The molecule has 0 aliphatic carbocycles. The second-order valence-corrected chi connectivity index (χ2v) is 4.98. The van der Waals surface area contributed by atoms with Crippen molar-refractivity contribution in [3.05, 3.63) is 36.4 Å². The first-order chi connectivity index (χ1) is 6.59. The molecule has 0 amide bonds. The Morgan fingerprint density at radius 3 is 2.93 bits per heavy atom. The first-order valence-corrected chi connectivity index (χ1v) is 5.15. The molecule has 7 heteroatoms. The van der Waals surface area contributed by atoms with E-state index in [1.807, 2.05) is 0 Å². The van der Waals surface area contributed by atoms with Crippen molar-refractivity contribution in [2.45, 2.75) is 0 Å². The average Bonchev–Trinajstić information content (AvgIpc) is 2.46. The fraction of sp³-hybridized carbons (Fsp3) is 0. The lowest BCUT2D eigenvalue weighted by Crippen LogP contribution is -2.07. The summed E-state index contributed by atoms with van der Waals surface area (Å²) in [6, 6.07) is 1.71. The molecule has 0 radical (unpaired) electrons. The standard InChI is InChI=1S/C7H3BrN2O3S/c8-5-1-3-7(14-5)6(11)4(2-9-3)10(12)13/h1-2H,(H,9,11). The number of aromatic amines is 1. The van der Waals surface area contributed by atoms with Crippen molar-refractivity contribution in [3.63, 3.8) is 0 Å². The third-order valence-electron chi connectivity index (χ3n) is 1.70. The summed E-state index contributed by atoms with van der Waals surface area (Å²) >= 11 is 4.39. The van der Waals surface area contributed by atoms with Crippen LogP contribution in [0.3, 0.4) is 0 Å². The van der Waals surface area contributed by atoms with Crippen molar-refractivity contribution in [2.24, 2.45) is 0 Å². The van der Waals surface area contributed by atoms with Crippen LogP contribution in [-0.4, -0.2) is 9.91 Å². The topological polar surface area (TPSA) is 76.0 Å². The van der Waals surface area contributed by atoms with E-state index in [2.05, 4.69) is 20.9 Å². The van der Waals surface area contributed by atoms with E-state index >= 15 is 0 Å². The zero-order valence-electron chi connectivity index (χ0n) is 6.61. The predicted octanol–water partition coefficient (Wildman–Crippen LogP) is 2.26. The Hall–Kier alpha value is -1.21. The molecule has 14 heavy (non-hydrogen) atoms. The number of nitrogens with one attached hydrogen (secondary N) is 1. The molecule has 0 saturated carbocycles. The van der Waals surface area contributed by atoms with Gasteiger partial charge < -0.3 is 4.98 Å². The van der Waals surface area contributed by atoms with E-state index in [9.17, 15) is 14.9 Å². The Morgan fingerprint density at radius 2 is 2.29 bits per heavy atom. The van der Waals surface area contributed by atoms with Crippen molar-refractivity contribution >= 4 is 43.2 Å². The first-order valence-electron chi connectivity index (χ1n) is 3.54. The summed E-state index contributed by atoms with van der Waals surface area (Å²) in [5.41, 5.74) is -0.358. The van der Waals surface area contributed by atoms with E-state index < -0.39 is 16.0 Å². The Kier molecular flexibility index (Phi) is 2.12. The van der Waals surface area contributed by atoms with Gasteiger partial charge in [-0.1, -0.05) is 0 Å². The van der Waals surface area contributed by atoms with E-state index in [1.165, 1.54) is 11.3 Å². The highest BCUT2D eigenvalue weighted by molar-refractivity contribution is 9.11. The van der Waals surface area contributed by atoms with E-state index in [4.69, 9.17) is 0 Å². The van der Waals surface area contributed by atoms with Gasteiger partial charge in [-0.25, -0.2) is 0 Å². The van der Waals surface area contributed by atoms with Gasteiger partial charge in [0.25, 0.3) is 5.43 Å². The smallest absolute Gasteiger partial charge is 0.333 e. The quantitative estimate of drug-likeness (QED) is 0.640. The Bertz CT molecular complexity index is 574. The molecular formula is C7H3BrN2O3S. The summed E-state index contributed by atoms with van der Waals surface area (Å²) in [7, 11) is 0. The SMILES string of the molecule is O=c1c([N+](=O)[O-])c[nH]c2cc(Br)sc12. The van der Waals surface area contributed by atoms with Crippen LogP contribution in [0.25, 0.3) is 10.2 Å². The van der Waals surface area contributed by atoms with Crippen molar-refractivity contribution in [1.82, 2.24) is 4.98 Å². The number of rotatable bonds is 1. The van der Waals surface area contributed by atoms with Gasteiger partial charge in [0.1, 0.15) is 4.70 Å². The minimum Gasteiger partial charge on any atom is -0.354 e. The molecule has 0 fully saturated rings. The summed E-state index contributed by atoms with van der Waals surface area (Å²) in [4.78, 5) is 24.0. The third-order valence-corrected chi connectivity index (χ3v) is 3.34. The molecule has 0 aromatic carbocycles. The zero-order valence-corrected chi connectivity index (χ0v) is 9.02. The summed E-state index contributed by atoms with van der Waals surface area (Å²) in [5, 5.41) is 10.5. The molecule has 2 rings (SSSR count). The minimum absolute atomic E-state index is 0.367. The van der Waals surface area contributed by atoms with Gasteiger partial charge >= 0.3 is 5.69 Å². The summed E-state index contributed by atoms with van der Waals surface area (Å²) in [5.74, 6) is 0. The fourth-order valence-corrected chi connectivity index (χ4v) is 2.61. The maximum absolute atomic E-state index is 11.5. The minimum atomic E-state index is -0.689. The van der Waals surface area contributed by atoms with Crippen molar-refractivity contribution in [2.75, 3.05) is 0 Å². The number of hydrogen-bond donors (Lipinski definition) is 1. The van der Waals surface area contributed by atoms with Gasteiger partial charge in [-0.05, 0) is 22.0 Å². The van der Waals surface area contributed by atoms with Crippen LogP contribution in [0.15, 0.2) is 20.8 Å². The number of pyridine rings is 1. The molecule has 2 aromatic rings. The molecule has 0 spiro atoms. The van der Waals surface area contributed by atoms with Gasteiger partial charge in [0, 0.05) is 0 Å². The van der Waals surface area contributed by atoms with Crippen LogP contribution in [0.4, 0.5) is 5.69 Å². The van der Waals surface area contributed by atoms with Gasteiger partial charge in [-0.2, -0.15) is 0 Å². The van der Waals surface area contributed by atoms with Gasteiger partial charge in [0.05, 0.1) is 20.4 Å². The number of aromatic nitrogens is 1. The molecule has 2 aromatic heterocycles. The molecule has 0 atom stereocenters. The van der Waals surface area contributed by atoms with Crippen molar-refractivity contribution in [1.29, 1.82) is 0 Å². The number of hydrogen-bond acceptors (Lipinski definition) is 4. The van der Waals surface area contributed by atoms with Crippen LogP contribution in [0, 0.1) is 10.1 Å². The van der Waals surface area contributed by atoms with Crippen LogP contribution >= 0.6 is 27.3 Å². The average molecular weight is 275 g/mol. The lowest BCUT2D eigenvalue weighted by Gasteiger charge is -1.90. The number of nitrogens with zero attached hydrogens (tertiary/aromatic N) is 1. The number of fused-ring (bicyclic) bond motifs is 1. The molecular weight excluding hydrogens is 272 g/mol. The van der Waals surface area contributed by atoms with E-state index in [-0.39, 0.29) is 0 Å². The second-order valence-electron chi connectivity index (χ2n) is 2.55. The molecule has 72 valence electrons. The number of halogens is 1. The predicted molar refractivity (Wildman–Crippen MR) is 56.8 cm³/mol. The van der Waals surface area contributed by atoms with Crippen molar-refractivity contribution in [3.8, 4) is 0 Å². The number of H-pyrrole nitrogens is 1. The van der Waals surface area contributed by atoms with Gasteiger partial charge in [-0.3, -0.25) is 14.9 Å².